The summed E-state index contributed by atoms with van der Waals surface area (Å²) in [6, 6.07) is 5.12. The van der Waals surface area contributed by atoms with E-state index in [2.05, 4.69) is 0 Å². The number of carboxylic acids is 2. The van der Waals surface area contributed by atoms with Crippen LogP contribution in [0.5, 0.6) is 0 Å². The zero-order valence-corrected chi connectivity index (χ0v) is 9.07. The lowest BCUT2D eigenvalue weighted by Gasteiger charge is -2.11. The third-order valence-electron chi connectivity index (χ3n) is 3.21. The zero-order chi connectivity index (χ0) is 13.5. The van der Waals surface area contributed by atoms with Crippen molar-refractivity contribution in [1.29, 1.82) is 0 Å². The summed E-state index contributed by atoms with van der Waals surface area (Å²) in [5.74, 6) is -3.50. The van der Waals surface area contributed by atoms with Crippen LogP contribution in [0.25, 0.3) is 0 Å². The van der Waals surface area contributed by atoms with E-state index < -0.39 is 28.2 Å². The van der Waals surface area contributed by atoms with E-state index in [1.54, 1.807) is 0 Å². The standard InChI is InChI=1S/C11H9NO6/c13-9(14)8-5-11(8,10(15)16)6-2-1-3-7(4-6)12(17)18/h1-4,8H,5H2,(H,13,14)(H,15,16). The number of carboxylic acid groups (broad SMARTS) is 2. The molecule has 2 atom stereocenters. The number of non-ortho nitro benzene ring substituents is 1. The molecule has 0 bridgehead atoms. The predicted molar refractivity (Wildman–Crippen MR) is 58.2 cm³/mol. The molecule has 1 aromatic carbocycles. The van der Waals surface area contributed by atoms with Gasteiger partial charge in [-0.3, -0.25) is 19.7 Å². The summed E-state index contributed by atoms with van der Waals surface area (Å²) in [6.07, 6.45) is -0.0428. The average molecular weight is 251 g/mol. The number of hydrogen-bond acceptors (Lipinski definition) is 4. The molecule has 18 heavy (non-hydrogen) atoms. The quantitative estimate of drug-likeness (QED) is 0.609. The van der Waals surface area contributed by atoms with Crippen LogP contribution in [-0.2, 0) is 15.0 Å². The number of aliphatic carboxylic acids is 2. The smallest absolute Gasteiger partial charge is 0.315 e. The lowest BCUT2D eigenvalue weighted by Crippen LogP contribution is -2.25. The summed E-state index contributed by atoms with van der Waals surface area (Å²) in [6.45, 7) is 0. The molecule has 0 radical (unpaired) electrons. The normalized spacial score (nSPS) is 25.4. The van der Waals surface area contributed by atoms with E-state index in [0.29, 0.717) is 0 Å². The van der Waals surface area contributed by atoms with Crippen LogP contribution in [0.2, 0.25) is 0 Å². The van der Waals surface area contributed by atoms with Crippen molar-refractivity contribution >= 4 is 17.6 Å². The van der Waals surface area contributed by atoms with Gasteiger partial charge in [-0.1, -0.05) is 12.1 Å². The van der Waals surface area contributed by atoms with Crippen LogP contribution < -0.4 is 0 Å². The second kappa shape index (κ2) is 3.80. The molecule has 0 amide bonds. The predicted octanol–water partition coefficient (Wildman–Crippen LogP) is 1.02. The van der Waals surface area contributed by atoms with E-state index in [0.717, 1.165) is 6.07 Å². The number of nitro groups is 1. The third-order valence-corrected chi connectivity index (χ3v) is 3.21. The summed E-state index contributed by atoms with van der Waals surface area (Å²) < 4.78 is 0. The minimum atomic E-state index is -1.53. The SMILES string of the molecule is O=C(O)C1CC1(C(=O)O)c1cccc([N+](=O)[O-])c1. The van der Waals surface area contributed by atoms with Crippen LogP contribution in [-0.4, -0.2) is 27.1 Å². The average Bonchev–Trinajstić information content (AvgIpc) is 3.05. The molecule has 0 spiro atoms. The van der Waals surface area contributed by atoms with Crippen LogP contribution in [0.3, 0.4) is 0 Å². The lowest BCUT2D eigenvalue weighted by molar-refractivity contribution is -0.384. The molecule has 7 nitrogen and oxygen atoms in total. The number of benzene rings is 1. The summed E-state index contributed by atoms with van der Waals surface area (Å²) in [7, 11) is 0. The Labute approximate surface area is 101 Å². The second-order valence-electron chi connectivity index (χ2n) is 4.18. The first-order chi connectivity index (χ1) is 8.39. The summed E-state index contributed by atoms with van der Waals surface area (Å²) >= 11 is 0. The van der Waals surface area contributed by atoms with Gasteiger partial charge in [0.25, 0.3) is 5.69 Å². The van der Waals surface area contributed by atoms with Crippen LogP contribution in [0, 0.1) is 16.0 Å². The molecule has 0 saturated heterocycles. The monoisotopic (exact) mass is 251 g/mol. The number of nitro benzene ring substituents is 1. The molecule has 1 aliphatic carbocycles. The molecule has 2 rings (SSSR count). The van der Waals surface area contributed by atoms with Crippen LogP contribution >= 0.6 is 0 Å². The van der Waals surface area contributed by atoms with Gasteiger partial charge in [0.1, 0.15) is 5.41 Å². The van der Waals surface area contributed by atoms with Gasteiger partial charge in [-0.15, -0.1) is 0 Å². The molecular weight excluding hydrogens is 242 g/mol. The van der Waals surface area contributed by atoms with E-state index in [4.69, 9.17) is 5.11 Å². The highest BCUT2D eigenvalue weighted by Gasteiger charge is 2.65. The molecule has 1 aromatic rings. The molecule has 2 N–H and O–H groups in total. The Bertz CT molecular complexity index is 554. The van der Waals surface area contributed by atoms with Crippen molar-refractivity contribution in [3.05, 3.63) is 39.9 Å². The van der Waals surface area contributed by atoms with Gasteiger partial charge in [-0.2, -0.15) is 0 Å². The topological polar surface area (TPSA) is 118 Å². The number of rotatable bonds is 4. The Balaban J connectivity index is 2.46. The highest BCUT2D eigenvalue weighted by atomic mass is 16.6. The van der Waals surface area contributed by atoms with Crippen molar-refractivity contribution in [3.8, 4) is 0 Å². The van der Waals surface area contributed by atoms with E-state index in [1.165, 1.54) is 18.2 Å². The first kappa shape index (κ1) is 12.0. The van der Waals surface area contributed by atoms with Crippen LogP contribution in [0.1, 0.15) is 12.0 Å². The molecule has 0 aliphatic heterocycles. The van der Waals surface area contributed by atoms with Crippen molar-refractivity contribution in [2.24, 2.45) is 5.92 Å². The largest absolute Gasteiger partial charge is 0.481 e. The van der Waals surface area contributed by atoms with Gasteiger partial charge in [-0.05, 0) is 12.0 Å². The maximum atomic E-state index is 11.2. The molecule has 1 saturated carbocycles. The molecule has 94 valence electrons. The first-order valence-corrected chi connectivity index (χ1v) is 5.10. The number of hydrogen-bond donors (Lipinski definition) is 2. The van der Waals surface area contributed by atoms with Crippen molar-refractivity contribution in [1.82, 2.24) is 0 Å². The third kappa shape index (κ3) is 1.60. The van der Waals surface area contributed by atoms with E-state index in [-0.39, 0.29) is 17.7 Å². The van der Waals surface area contributed by atoms with E-state index >= 15 is 0 Å². The minimum absolute atomic E-state index is 0.0428. The van der Waals surface area contributed by atoms with Gasteiger partial charge < -0.3 is 10.2 Å². The van der Waals surface area contributed by atoms with E-state index in [9.17, 15) is 24.8 Å². The van der Waals surface area contributed by atoms with Gasteiger partial charge in [0.05, 0.1) is 10.8 Å². The van der Waals surface area contributed by atoms with Gasteiger partial charge in [0.2, 0.25) is 0 Å². The van der Waals surface area contributed by atoms with Crippen molar-refractivity contribution in [2.75, 3.05) is 0 Å². The highest BCUT2D eigenvalue weighted by Crippen LogP contribution is 2.55. The second-order valence-corrected chi connectivity index (χ2v) is 4.18. The lowest BCUT2D eigenvalue weighted by atomic mass is 9.93. The van der Waals surface area contributed by atoms with Crippen molar-refractivity contribution in [2.45, 2.75) is 11.8 Å². The maximum absolute atomic E-state index is 11.2. The van der Waals surface area contributed by atoms with Gasteiger partial charge in [0, 0.05) is 12.1 Å². The zero-order valence-electron chi connectivity index (χ0n) is 9.07. The molecule has 1 aliphatic rings. The van der Waals surface area contributed by atoms with Gasteiger partial charge >= 0.3 is 11.9 Å². The number of nitrogens with zero attached hydrogens (tertiary/aromatic N) is 1. The summed E-state index contributed by atoms with van der Waals surface area (Å²) in [5.41, 5.74) is -1.61. The Kier molecular flexibility index (Phi) is 2.54. The van der Waals surface area contributed by atoms with Crippen molar-refractivity contribution in [3.63, 3.8) is 0 Å². The first-order valence-electron chi connectivity index (χ1n) is 5.10. The fourth-order valence-corrected chi connectivity index (χ4v) is 2.14. The van der Waals surface area contributed by atoms with Gasteiger partial charge in [0.15, 0.2) is 0 Å². The Morgan fingerprint density at radius 2 is 2.06 bits per heavy atom. The molecule has 0 heterocycles. The molecule has 2 unspecified atom stereocenters. The van der Waals surface area contributed by atoms with Gasteiger partial charge in [-0.25, -0.2) is 0 Å². The van der Waals surface area contributed by atoms with Crippen LogP contribution in [0.15, 0.2) is 24.3 Å². The summed E-state index contributed by atoms with van der Waals surface area (Å²) in [4.78, 5) is 32.1. The molecule has 0 aromatic heterocycles. The highest BCUT2D eigenvalue weighted by molar-refractivity contribution is 5.95. The Morgan fingerprint density at radius 1 is 1.39 bits per heavy atom. The molecule has 7 heteroatoms. The molecule has 1 fully saturated rings. The van der Waals surface area contributed by atoms with Crippen LogP contribution in [0.4, 0.5) is 5.69 Å². The maximum Gasteiger partial charge on any atom is 0.315 e. The fraction of sp³-hybridized carbons (Fsp3) is 0.273. The van der Waals surface area contributed by atoms with E-state index in [1.807, 2.05) is 0 Å². The summed E-state index contributed by atoms with van der Waals surface area (Å²) in [5, 5.41) is 28.7. The fourth-order valence-electron chi connectivity index (χ4n) is 2.14. The molecular formula is C11H9NO6. The Morgan fingerprint density at radius 3 is 2.50 bits per heavy atom. The minimum Gasteiger partial charge on any atom is -0.481 e. The number of carbonyl (C=O) groups is 2. The van der Waals surface area contributed by atoms with Crippen molar-refractivity contribution < 1.29 is 24.7 Å². The Hall–Kier alpha value is -2.44.